The Morgan fingerprint density at radius 2 is 1.90 bits per heavy atom. The molecule has 1 aromatic rings. The van der Waals surface area contributed by atoms with E-state index in [1.165, 1.54) is 0 Å². The van der Waals surface area contributed by atoms with Crippen LogP contribution in [0.2, 0.25) is 0 Å². The Bertz CT molecular complexity index is 547. The minimum Gasteiger partial charge on any atom is -0.306 e. The maximum atomic E-state index is 12.5. The second-order valence-electron chi connectivity index (χ2n) is 5.84. The van der Waals surface area contributed by atoms with Crippen LogP contribution in [-0.2, 0) is 15.8 Å². The number of aryl methyl sites for hydroxylation is 1. The van der Waals surface area contributed by atoms with Crippen molar-refractivity contribution in [2.45, 2.75) is 31.6 Å². The van der Waals surface area contributed by atoms with E-state index in [4.69, 9.17) is 0 Å². The quantitative estimate of drug-likeness (QED) is 0.851. The summed E-state index contributed by atoms with van der Waals surface area (Å²) in [5, 5.41) is 0. The molecule has 0 bridgehead atoms. The zero-order valence-electron chi connectivity index (χ0n) is 12.5. The van der Waals surface area contributed by atoms with Crippen molar-refractivity contribution < 1.29 is 8.42 Å². The summed E-state index contributed by atoms with van der Waals surface area (Å²) in [5.41, 5.74) is 1.98. The van der Waals surface area contributed by atoms with E-state index in [0.717, 1.165) is 24.0 Å². The summed E-state index contributed by atoms with van der Waals surface area (Å²) >= 11 is 0. The first-order valence-electron chi connectivity index (χ1n) is 7.08. The summed E-state index contributed by atoms with van der Waals surface area (Å²) in [6.07, 6.45) is 1.83. The first kappa shape index (κ1) is 15.5. The number of hydrogen-bond acceptors (Lipinski definition) is 3. The molecule has 0 aliphatic carbocycles. The van der Waals surface area contributed by atoms with Crippen molar-refractivity contribution in [3.8, 4) is 0 Å². The van der Waals surface area contributed by atoms with Crippen molar-refractivity contribution in [2.24, 2.45) is 0 Å². The van der Waals surface area contributed by atoms with E-state index in [1.807, 2.05) is 31.2 Å². The number of nitrogens with zero attached hydrogens (tertiary/aromatic N) is 2. The van der Waals surface area contributed by atoms with Gasteiger partial charge in [-0.05, 0) is 39.4 Å². The highest BCUT2D eigenvalue weighted by atomic mass is 32.2. The van der Waals surface area contributed by atoms with Crippen LogP contribution in [-0.4, -0.2) is 50.8 Å². The molecule has 0 radical (unpaired) electrons. The van der Waals surface area contributed by atoms with Crippen molar-refractivity contribution in [1.29, 1.82) is 0 Å². The topological polar surface area (TPSA) is 40.6 Å². The van der Waals surface area contributed by atoms with E-state index in [2.05, 4.69) is 19.0 Å². The van der Waals surface area contributed by atoms with Gasteiger partial charge in [0, 0.05) is 19.1 Å². The number of sulfonamides is 1. The highest BCUT2D eigenvalue weighted by Gasteiger charge is 2.28. The molecule has 0 atom stereocenters. The Balaban J connectivity index is 2.01. The van der Waals surface area contributed by atoms with Gasteiger partial charge in [-0.25, -0.2) is 12.7 Å². The molecule has 0 spiro atoms. The van der Waals surface area contributed by atoms with Gasteiger partial charge in [0.25, 0.3) is 0 Å². The van der Waals surface area contributed by atoms with E-state index in [0.29, 0.717) is 19.1 Å². The minimum atomic E-state index is -3.19. The fourth-order valence-electron chi connectivity index (χ4n) is 2.74. The summed E-state index contributed by atoms with van der Waals surface area (Å²) < 4.78 is 26.6. The van der Waals surface area contributed by atoms with Crippen molar-refractivity contribution in [1.82, 2.24) is 9.21 Å². The van der Waals surface area contributed by atoms with E-state index >= 15 is 0 Å². The predicted molar refractivity (Wildman–Crippen MR) is 82.1 cm³/mol. The third-order valence-electron chi connectivity index (χ3n) is 3.98. The van der Waals surface area contributed by atoms with Crippen LogP contribution in [0.4, 0.5) is 0 Å². The van der Waals surface area contributed by atoms with Gasteiger partial charge >= 0.3 is 0 Å². The molecule has 5 heteroatoms. The summed E-state index contributed by atoms with van der Waals surface area (Å²) in [6.45, 7) is 3.26. The van der Waals surface area contributed by atoms with Gasteiger partial charge in [-0.1, -0.05) is 29.8 Å². The second-order valence-corrected chi connectivity index (χ2v) is 7.81. The standard InChI is InChI=1S/C15H24N2O2S/c1-13-5-4-6-14(11-13)12-20(18,19)17-9-7-15(8-10-17)16(2)3/h4-6,11,15H,7-10,12H2,1-3H3. The van der Waals surface area contributed by atoms with Crippen LogP contribution in [0.1, 0.15) is 24.0 Å². The van der Waals surface area contributed by atoms with Crippen LogP contribution in [0.3, 0.4) is 0 Å². The number of piperidine rings is 1. The third kappa shape index (κ3) is 3.81. The van der Waals surface area contributed by atoms with Gasteiger partial charge in [0.05, 0.1) is 5.75 Å². The molecular weight excluding hydrogens is 272 g/mol. The Hall–Kier alpha value is -0.910. The Labute approximate surface area is 122 Å². The molecular formula is C15H24N2O2S. The monoisotopic (exact) mass is 296 g/mol. The van der Waals surface area contributed by atoms with Crippen molar-refractivity contribution >= 4 is 10.0 Å². The number of hydrogen-bond donors (Lipinski definition) is 0. The third-order valence-corrected chi connectivity index (χ3v) is 5.83. The van der Waals surface area contributed by atoms with E-state index in [1.54, 1.807) is 4.31 Å². The molecule has 2 rings (SSSR count). The molecule has 20 heavy (non-hydrogen) atoms. The van der Waals surface area contributed by atoms with Crippen LogP contribution >= 0.6 is 0 Å². The average molecular weight is 296 g/mol. The van der Waals surface area contributed by atoms with Crippen molar-refractivity contribution in [2.75, 3.05) is 27.2 Å². The molecule has 1 heterocycles. The lowest BCUT2D eigenvalue weighted by molar-refractivity contribution is 0.196. The molecule has 1 aliphatic heterocycles. The number of benzene rings is 1. The highest BCUT2D eigenvalue weighted by molar-refractivity contribution is 7.88. The fourth-order valence-corrected chi connectivity index (χ4v) is 4.29. The molecule has 0 aromatic heterocycles. The van der Waals surface area contributed by atoms with Crippen molar-refractivity contribution in [3.63, 3.8) is 0 Å². The van der Waals surface area contributed by atoms with Crippen LogP contribution in [0.25, 0.3) is 0 Å². The van der Waals surface area contributed by atoms with E-state index in [9.17, 15) is 8.42 Å². The molecule has 0 N–H and O–H groups in total. The summed E-state index contributed by atoms with van der Waals surface area (Å²) in [6, 6.07) is 8.23. The van der Waals surface area contributed by atoms with Crippen LogP contribution in [0.15, 0.2) is 24.3 Å². The van der Waals surface area contributed by atoms with Gasteiger partial charge in [-0.2, -0.15) is 0 Å². The largest absolute Gasteiger partial charge is 0.306 e. The molecule has 112 valence electrons. The lowest BCUT2D eigenvalue weighted by Crippen LogP contribution is -2.44. The van der Waals surface area contributed by atoms with Gasteiger partial charge < -0.3 is 4.90 Å². The molecule has 0 unspecified atom stereocenters. The lowest BCUT2D eigenvalue weighted by Gasteiger charge is -2.34. The molecule has 1 fully saturated rings. The van der Waals surface area contributed by atoms with Gasteiger partial charge in [0.15, 0.2) is 0 Å². The first-order chi connectivity index (χ1) is 9.38. The average Bonchev–Trinajstić information content (AvgIpc) is 2.38. The summed E-state index contributed by atoms with van der Waals surface area (Å²) in [5.74, 6) is 0.112. The SMILES string of the molecule is Cc1cccc(CS(=O)(=O)N2CCC(N(C)C)CC2)c1. The minimum absolute atomic E-state index is 0.112. The molecule has 1 aliphatic rings. The second kappa shape index (κ2) is 6.24. The Morgan fingerprint density at radius 1 is 1.25 bits per heavy atom. The molecule has 4 nitrogen and oxygen atoms in total. The molecule has 0 amide bonds. The van der Waals surface area contributed by atoms with Gasteiger partial charge in [0.2, 0.25) is 10.0 Å². The van der Waals surface area contributed by atoms with Gasteiger partial charge in [0.1, 0.15) is 0 Å². The van der Waals surface area contributed by atoms with E-state index < -0.39 is 10.0 Å². The van der Waals surface area contributed by atoms with Crippen LogP contribution in [0, 0.1) is 6.92 Å². The maximum Gasteiger partial charge on any atom is 0.218 e. The number of rotatable bonds is 4. The normalized spacial score (nSPS) is 18.6. The zero-order valence-corrected chi connectivity index (χ0v) is 13.4. The highest BCUT2D eigenvalue weighted by Crippen LogP contribution is 2.20. The fraction of sp³-hybridized carbons (Fsp3) is 0.600. The van der Waals surface area contributed by atoms with Crippen LogP contribution < -0.4 is 0 Å². The zero-order chi connectivity index (χ0) is 14.8. The predicted octanol–water partition coefficient (Wildman–Crippen LogP) is 1.85. The van der Waals surface area contributed by atoms with Crippen LogP contribution in [0.5, 0.6) is 0 Å². The summed E-state index contributed by atoms with van der Waals surface area (Å²) in [7, 11) is 0.927. The first-order valence-corrected chi connectivity index (χ1v) is 8.69. The van der Waals surface area contributed by atoms with E-state index in [-0.39, 0.29) is 5.75 Å². The maximum absolute atomic E-state index is 12.5. The smallest absolute Gasteiger partial charge is 0.218 e. The van der Waals surface area contributed by atoms with Gasteiger partial charge in [-0.15, -0.1) is 0 Å². The van der Waals surface area contributed by atoms with Gasteiger partial charge in [-0.3, -0.25) is 0 Å². The van der Waals surface area contributed by atoms with Crippen molar-refractivity contribution in [3.05, 3.63) is 35.4 Å². The Kier molecular flexibility index (Phi) is 4.83. The Morgan fingerprint density at radius 3 is 2.45 bits per heavy atom. The molecule has 1 aromatic carbocycles. The molecule has 0 saturated carbocycles. The molecule has 1 saturated heterocycles. The summed E-state index contributed by atoms with van der Waals surface area (Å²) in [4.78, 5) is 2.19. The lowest BCUT2D eigenvalue weighted by atomic mass is 10.1.